The van der Waals surface area contributed by atoms with Crippen molar-refractivity contribution in [1.82, 2.24) is 0 Å². The first-order valence-electron chi connectivity index (χ1n) is 12.5. The Labute approximate surface area is 192 Å². The Bertz CT molecular complexity index is 555. The summed E-state index contributed by atoms with van der Waals surface area (Å²) < 4.78 is 11.3. The molecule has 1 fully saturated rings. The molecule has 0 spiro atoms. The molecule has 4 nitrogen and oxygen atoms in total. The van der Waals surface area contributed by atoms with E-state index in [1.807, 2.05) is 0 Å². The fourth-order valence-corrected chi connectivity index (χ4v) is 5.15. The molecule has 0 radical (unpaired) electrons. The van der Waals surface area contributed by atoms with E-state index in [4.69, 9.17) is 9.47 Å². The van der Waals surface area contributed by atoms with E-state index in [-0.39, 0.29) is 34.6 Å². The van der Waals surface area contributed by atoms with Crippen molar-refractivity contribution >= 4 is 11.9 Å². The summed E-state index contributed by atoms with van der Waals surface area (Å²) in [5.74, 6) is 0.322. The van der Waals surface area contributed by atoms with Gasteiger partial charge in [-0.05, 0) is 73.5 Å². The van der Waals surface area contributed by atoms with E-state index in [2.05, 4.69) is 62.3 Å². The predicted molar refractivity (Wildman–Crippen MR) is 128 cm³/mol. The van der Waals surface area contributed by atoms with E-state index < -0.39 is 0 Å². The molecule has 31 heavy (non-hydrogen) atoms. The number of rotatable bonds is 10. The number of esters is 2. The molecule has 1 aliphatic carbocycles. The Hall–Kier alpha value is -1.06. The third kappa shape index (κ3) is 11.9. The largest absolute Gasteiger partial charge is 0.465 e. The lowest BCUT2D eigenvalue weighted by atomic mass is 9.74. The smallest absolute Gasteiger partial charge is 0.309 e. The van der Waals surface area contributed by atoms with Crippen molar-refractivity contribution in [1.29, 1.82) is 0 Å². The maximum Gasteiger partial charge on any atom is 0.309 e. The van der Waals surface area contributed by atoms with E-state index in [1.165, 1.54) is 0 Å². The van der Waals surface area contributed by atoms with Crippen LogP contribution in [0.4, 0.5) is 0 Å². The summed E-state index contributed by atoms with van der Waals surface area (Å²) >= 11 is 0. The molecular weight excluding hydrogens is 388 g/mol. The van der Waals surface area contributed by atoms with Crippen LogP contribution in [0, 0.1) is 40.4 Å². The fraction of sp³-hybridized carbons (Fsp3) is 0.926. The SMILES string of the molecule is CC1CCC(C(=O)OCCC(C)CC(C)(C)C)C(C(=O)OCCC(C)CC(C)(C)C)C1. The lowest BCUT2D eigenvalue weighted by Crippen LogP contribution is -2.37. The molecule has 0 bridgehead atoms. The van der Waals surface area contributed by atoms with Gasteiger partial charge in [0.1, 0.15) is 0 Å². The van der Waals surface area contributed by atoms with Crippen LogP contribution in [0.1, 0.15) is 107 Å². The Kier molecular flexibility index (Phi) is 11.1. The van der Waals surface area contributed by atoms with E-state index in [0.717, 1.165) is 44.9 Å². The highest BCUT2D eigenvalue weighted by Crippen LogP contribution is 2.36. The van der Waals surface area contributed by atoms with E-state index >= 15 is 0 Å². The fourth-order valence-electron chi connectivity index (χ4n) is 5.15. The molecule has 0 saturated heterocycles. The predicted octanol–water partition coefficient (Wildman–Crippen LogP) is 7.05. The average Bonchev–Trinajstić information content (AvgIpc) is 2.58. The highest BCUT2D eigenvalue weighted by Gasteiger charge is 2.40. The van der Waals surface area contributed by atoms with Crippen LogP contribution in [0.15, 0.2) is 0 Å². The van der Waals surface area contributed by atoms with Gasteiger partial charge in [-0.3, -0.25) is 9.59 Å². The van der Waals surface area contributed by atoms with Gasteiger partial charge < -0.3 is 9.47 Å². The number of carbonyl (C=O) groups excluding carboxylic acids is 2. The van der Waals surface area contributed by atoms with Crippen LogP contribution >= 0.6 is 0 Å². The molecule has 1 aliphatic rings. The normalized spacial score (nSPS) is 24.4. The maximum atomic E-state index is 12.8. The van der Waals surface area contributed by atoms with Crippen molar-refractivity contribution in [2.45, 2.75) is 107 Å². The van der Waals surface area contributed by atoms with Crippen LogP contribution in [-0.4, -0.2) is 25.2 Å². The van der Waals surface area contributed by atoms with Crippen LogP contribution in [0.3, 0.4) is 0 Å². The molecule has 1 saturated carbocycles. The summed E-state index contributed by atoms with van der Waals surface area (Å²) in [6.07, 6.45) is 6.35. The van der Waals surface area contributed by atoms with E-state index in [0.29, 0.717) is 31.0 Å². The first-order valence-corrected chi connectivity index (χ1v) is 12.5. The van der Waals surface area contributed by atoms with Crippen LogP contribution in [0.5, 0.6) is 0 Å². The van der Waals surface area contributed by atoms with Crippen molar-refractivity contribution in [2.75, 3.05) is 13.2 Å². The van der Waals surface area contributed by atoms with Crippen LogP contribution in [-0.2, 0) is 19.1 Å². The van der Waals surface area contributed by atoms with Gasteiger partial charge in [0, 0.05) is 0 Å². The zero-order valence-corrected chi connectivity index (χ0v) is 21.9. The standard InChI is InChI=1S/C27H50O4/c1-19-10-11-22(24(28)30-14-12-20(2)17-26(4,5)6)23(16-19)25(29)31-15-13-21(3)18-27(7,8)9/h19-23H,10-18H2,1-9H3. The van der Waals surface area contributed by atoms with Crippen LogP contribution in [0.2, 0.25) is 0 Å². The minimum absolute atomic E-state index is 0.210. The van der Waals surface area contributed by atoms with Crippen LogP contribution < -0.4 is 0 Å². The molecule has 0 aromatic carbocycles. The molecule has 0 aliphatic heterocycles. The molecule has 0 heterocycles. The second kappa shape index (κ2) is 12.3. The van der Waals surface area contributed by atoms with Crippen molar-refractivity contribution in [3.8, 4) is 0 Å². The van der Waals surface area contributed by atoms with Crippen molar-refractivity contribution in [3.63, 3.8) is 0 Å². The van der Waals surface area contributed by atoms with Crippen LogP contribution in [0.25, 0.3) is 0 Å². The molecule has 0 aromatic heterocycles. The Morgan fingerprint density at radius 1 is 0.774 bits per heavy atom. The van der Waals surface area contributed by atoms with Gasteiger partial charge in [-0.25, -0.2) is 0 Å². The number of carbonyl (C=O) groups is 2. The zero-order chi connectivity index (χ0) is 23.8. The van der Waals surface area contributed by atoms with Gasteiger partial charge in [0.2, 0.25) is 0 Å². The summed E-state index contributed by atoms with van der Waals surface area (Å²) in [4.78, 5) is 25.6. The summed E-state index contributed by atoms with van der Waals surface area (Å²) in [6.45, 7) is 20.9. The Morgan fingerprint density at radius 2 is 1.19 bits per heavy atom. The monoisotopic (exact) mass is 438 g/mol. The third-order valence-corrected chi connectivity index (χ3v) is 6.35. The summed E-state index contributed by atoms with van der Waals surface area (Å²) in [5, 5.41) is 0. The van der Waals surface area contributed by atoms with E-state index in [1.54, 1.807) is 0 Å². The average molecular weight is 439 g/mol. The minimum atomic E-state index is -0.360. The highest BCUT2D eigenvalue weighted by atomic mass is 16.5. The number of ether oxygens (including phenoxy) is 2. The first kappa shape index (κ1) is 28.0. The third-order valence-electron chi connectivity index (χ3n) is 6.35. The quantitative estimate of drug-likeness (QED) is 0.343. The number of hydrogen-bond acceptors (Lipinski definition) is 4. The van der Waals surface area contributed by atoms with E-state index in [9.17, 15) is 9.59 Å². The van der Waals surface area contributed by atoms with Gasteiger partial charge in [-0.2, -0.15) is 0 Å². The van der Waals surface area contributed by atoms with Crippen molar-refractivity contribution in [2.24, 2.45) is 40.4 Å². The lowest BCUT2D eigenvalue weighted by molar-refractivity contribution is -0.164. The lowest BCUT2D eigenvalue weighted by Gasteiger charge is -2.32. The Morgan fingerprint density at radius 3 is 1.61 bits per heavy atom. The highest BCUT2D eigenvalue weighted by molar-refractivity contribution is 5.82. The van der Waals surface area contributed by atoms with Crippen molar-refractivity contribution in [3.05, 3.63) is 0 Å². The second-order valence-electron chi connectivity index (χ2n) is 12.8. The van der Waals surface area contributed by atoms with Gasteiger partial charge in [0.05, 0.1) is 25.0 Å². The summed E-state index contributed by atoms with van der Waals surface area (Å²) in [7, 11) is 0. The first-order chi connectivity index (χ1) is 14.2. The number of hydrogen-bond donors (Lipinski definition) is 0. The molecule has 5 atom stereocenters. The van der Waals surface area contributed by atoms with Gasteiger partial charge in [-0.15, -0.1) is 0 Å². The Balaban J connectivity index is 2.52. The van der Waals surface area contributed by atoms with Gasteiger partial charge >= 0.3 is 11.9 Å². The molecule has 5 unspecified atom stereocenters. The van der Waals surface area contributed by atoms with Crippen molar-refractivity contribution < 1.29 is 19.1 Å². The zero-order valence-electron chi connectivity index (χ0n) is 21.9. The molecular formula is C27H50O4. The topological polar surface area (TPSA) is 52.6 Å². The minimum Gasteiger partial charge on any atom is -0.465 e. The second-order valence-corrected chi connectivity index (χ2v) is 12.8. The molecule has 0 aromatic rings. The van der Waals surface area contributed by atoms with Gasteiger partial charge in [0.15, 0.2) is 0 Å². The molecule has 1 rings (SSSR count). The summed E-state index contributed by atoms with van der Waals surface area (Å²) in [6, 6.07) is 0. The molecule has 182 valence electrons. The molecule has 4 heteroatoms. The molecule has 0 amide bonds. The molecule has 0 N–H and O–H groups in total. The van der Waals surface area contributed by atoms with Gasteiger partial charge in [0.25, 0.3) is 0 Å². The van der Waals surface area contributed by atoms with Gasteiger partial charge in [-0.1, -0.05) is 62.3 Å². The maximum absolute atomic E-state index is 12.8. The summed E-state index contributed by atoms with van der Waals surface area (Å²) in [5.41, 5.74) is 0.559.